The zero-order chi connectivity index (χ0) is 43.9. The number of carboxylic acids is 8. The van der Waals surface area contributed by atoms with E-state index in [4.69, 9.17) is 61.3 Å². The van der Waals surface area contributed by atoms with E-state index < -0.39 is 79.6 Å². The molecule has 4 aromatic rings. The number of benzene rings is 4. The summed E-state index contributed by atoms with van der Waals surface area (Å²) in [6.07, 6.45) is 0. The monoisotopic (exact) mass is 800 g/mol. The Bertz CT molecular complexity index is 1610. The average Bonchev–Trinajstić information content (AvgIpc) is 3.19. The summed E-state index contributed by atoms with van der Waals surface area (Å²) >= 11 is 0. The van der Waals surface area contributed by atoms with Crippen LogP contribution in [0.15, 0.2) is 97.1 Å². The molecule has 0 amide bonds. The fourth-order valence-electron chi connectivity index (χ4n) is 3.72. The van der Waals surface area contributed by atoms with Gasteiger partial charge in [-0.3, -0.25) is 0 Å². The molecule has 0 spiro atoms. The lowest BCUT2D eigenvalue weighted by Gasteiger charge is -2.23. The third-order valence-corrected chi connectivity index (χ3v) is 6.89. The maximum atomic E-state index is 10.5. The molecule has 0 bridgehead atoms. The Morgan fingerprint density at radius 1 is 0.281 bits per heavy atom. The predicted molar refractivity (Wildman–Crippen MR) is 192 cm³/mol. The minimum Gasteiger partial charge on any atom is -0.478 e. The predicted octanol–water partition coefficient (Wildman–Crippen LogP) is 2.27. The summed E-state index contributed by atoms with van der Waals surface area (Å²) in [5.41, 5.74) is -2.63. The van der Waals surface area contributed by atoms with Crippen LogP contribution in [0.1, 0.15) is 82.9 Å². The molecule has 0 aromatic heterocycles. The molecule has 0 unspecified atom stereocenters. The van der Waals surface area contributed by atoms with E-state index in [2.05, 4.69) is 0 Å². The fourth-order valence-corrected chi connectivity index (χ4v) is 3.72. The highest BCUT2D eigenvalue weighted by molar-refractivity contribution is 6.03. The van der Waals surface area contributed by atoms with Crippen molar-refractivity contribution >= 4 is 47.8 Å². The van der Waals surface area contributed by atoms with Gasteiger partial charge in [0.05, 0.1) is 76.4 Å². The van der Waals surface area contributed by atoms with Gasteiger partial charge in [-0.15, -0.1) is 0 Å². The molecule has 20 heteroatoms. The summed E-state index contributed by atoms with van der Waals surface area (Å²) in [4.78, 5) is 83.7. The van der Waals surface area contributed by atoms with E-state index in [1.165, 1.54) is 97.1 Å². The second-order valence-electron chi connectivity index (χ2n) is 10.8. The topological polar surface area (TPSA) is 379 Å². The second-order valence-corrected chi connectivity index (χ2v) is 10.8. The van der Waals surface area contributed by atoms with Crippen molar-refractivity contribution in [3.8, 4) is 0 Å². The first kappa shape index (κ1) is 49.5. The van der Waals surface area contributed by atoms with Gasteiger partial charge in [0.25, 0.3) is 0 Å². The van der Waals surface area contributed by atoms with Crippen molar-refractivity contribution in [2.24, 2.45) is 5.41 Å². The Morgan fingerprint density at radius 2 is 0.386 bits per heavy atom. The van der Waals surface area contributed by atoms with Crippen molar-refractivity contribution in [2.75, 3.05) is 26.4 Å². The Labute approximate surface area is 320 Å². The third-order valence-electron chi connectivity index (χ3n) is 6.89. The van der Waals surface area contributed by atoms with Gasteiger partial charge in [0.15, 0.2) is 0 Å². The molecule has 4 rings (SSSR count). The van der Waals surface area contributed by atoms with E-state index in [1.54, 1.807) is 0 Å². The van der Waals surface area contributed by atoms with Gasteiger partial charge in [0.2, 0.25) is 0 Å². The quantitative estimate of drug-likeness (QED) is 0.0977. The molecule has 0 fully saturated rings. The van der Waals surface area contributed by atoms with Crippen molar-refractivity contribution < 1.29 is 99.6 Å². The van der Waals surface area contributed by atoms with Crippen LogP contribution in [0, 0.1) is 5.41 Å². The van der Waals surface area contributed by atoms with Crippen molar-refractivity contribution in [3.63, 3.8) is 0 Å². The molecular formula is C37H36O20. The van der Waals surface area contributed by atoms with Gasteiger partial charge in [-0.05, 0) is 48.5 Å². The Kier molecular flexibility index (Phi) is 21.5. The Hall–Kier alpha value is -7.52. The minimum atomic E-state index is -1.23. The van der Waals surface area contributed by atoms with Crippen molar-refractivity contribution in [1.82, 2.24) is 0 Å². The lowest BCUT2D eigenvalue weighted by Crippen LogP contribution is -2.37. The minimum absolute atomic E-state index is 0.190. The van der Waals surface area contributed by atoms with Crippen LogP contribution in [0.25, 0.3) is 0 Å². The maximum absolute atomic E-state index is 10.5. The molecule has 0 aliphatic rings. The van der Waals surface area contributed by atoms with Gasteiger partial charge >= 0.3 is 47.8 Å². The zero-order valence-electron chi connectivity index (χ0n) is 29.2. The lowest BCUT2D eigenvalue weighted by molar-refractivity contribution is -0.0328. The van der Waals surface area contributed by atoms with E-state index in [-0.39, 0.29) is 44.5 Å². The molecular weight excluding hydrogens is 764 g/mol. The van der Waals surface area contributed by atoms with Gasteiger partial charge < -0.3 is 61.3 Å². The number of aliphatic hydroxyl groups excluding tert-OH is 4. The van der Waals surface area contributed by atoms with Crippen LogP contribution in [-0.4, -0.2) is 135 Å². The molecule has 0 atom stereocenters. The number of aliphatic hydroxyl groups is 4. The molecule has 0 radical (unpaired) electrons. The van der Waals surface area contributed by atoms with Crippen LogP contribution < -0.4 is 0 Å². The first-order chi connectivity index (χ1) is 26.7. The standard InChI is InChI=1S/4C8H6O4.C5H12O4/c4*9-7(10)5-3-1-2-4-6(5)8(11)12;6-1-5(2-7,3-8)4-9/h4*1-4H,(H,9,10)(H,11,12);6-9H,1-4H2. The van der Waals surface area contributed by atoms with E-state index in [1.807, 2.05) is 0 Å². The highest BCUT2D eigenvalue weighted by Gasteiger charge is 2.26. The zero-order valence-corrected chi connectivity index (χ0v) is 29.2. The van der Waals surface area contributed by atoms with Crippen molar-refractivity contribution in [3.05, 3.63) is 142 Å². The van der Waals surface area contributed by atoms with E-state index >= 15 is 0 Å². The summed E-state index contributed by atoms with van der Waals surface area (Å²) in [5, 5.41) is 102. The Balaban J connectivity index is 0.000000691. The van der Waals surface area contributed by atoms with Crippen LogP contribution in [0.2, 0.25) is 0 Å². The van der Waals surface area contributed by atoms with Gasteiger partial charge in [-0.25, -0.2) is 38.4 Å². The van der Waals surface area contributed by atoms with E-state index in [0.29, 0.717) is 0 Å². The van der Waals surface area contributed by atoms with Crippen molar-refractivity contribution in [2.45, 2.75) is 0 Å². The molecule has 0 saturated heterocycles. The van der Waals surface area contributed by atoms with Gasteiger partial charge in [0, 0.05) is 0 Å². The van der Waals surface area contributed by atoms with Crippen LogP contribution >= 0.6 is 0 Å². The number of hydrogen-bond donors (Lipinski definition) is 12. The van der Waals surface area contributed by atoms with Crippen LogP contribution in [0.5, 0.6) is 0 Å². The number of rotatable bonds is 12. The smallest absolute Gasteiger partial charge is 0.336 e. The largest absolute Gasteiger partial charge is 0.478 e. The molecule has 57 heavy (non-hydrogen) atoms. The fraction of sp³-hybridized carbons (Fsp3) is 0.135. The van der Waals surface area contributed by atoms with Crippen LogP contribution in [0.4, 0.5) is 0 Å². The normalized spacial score (nSPS) is 9.75. The number of aromatic carboxylic acids is 8. The summed E-state index contributed by atoms with van der Waals surface area (Å²) in [7, 11) is 0. The van der Waals surface area contributed by atoms with E-state index in [0.717, 1.165) is 0 Å². The first-order valence-corrected chi connectivity index (χ1v) is 15.4. The van der Waals surface area contributed by atoms with Gasteiger partial charge in [-0.1, -0.05) is 48.5 Å². The van der Waals surface area contributed by atoms with E-state index in [9.17, 15) is 38.4 Å². The number of carbonyl (C=O) groups is 8. The molecule has 0 aliphatic heterocycles. The summed E-state index contributed by atoms with van der Waals surface area (Å²) in [6.45, 7) is -1.62. The summed E-state index contributed by atoms with van der Waals surface area (Å²) in [5.74, 6) is -9.83. The SMILES string of the molecule is O=C(O)c1ccccc1C(=O)O.O=C(O)c1ccccc1C(=O)O.O=C(O)c1ccccc1C(=O)O.O=C(O)c1ccccc1C(=O)O.OCC(CO)(CO)CO. The molecule has 0 aliphatic carbocycles. The van der Waals surface area contributed by atoms with Crippen molar-refractivity contribution in [1.29, 1.82) is 0 Å². The lowest BCUT2D eigenvalue weighted by atomic mass is 9.93. The first-order valence-electron chi connectivity index (χ1n) is 15.4. The number of hydrogen-bond acceptors (Lipinski definition) is 12. The molecule has 20 nitrogen and oxygen atoms in total. The Morgan fingerprint density at radius 3 is 0.439 bits per heavy atom. The summed E-state index contributed by atoms with van der Waals surface area (Å²) < 4.78 is 0. The van der Waals surface area contributed by atoms with Crippen LogP contribution in [0.3, 0.4) is 0 Å². The van der Waals surface area contributed by atoms with Crippen LogP contribution in [-0.2, 0) is 0 Å². The highest BCUT2D eigenvalue weighted by Crippen LogP contribution is 2.13. The molecule has 4 aromatic carbocycles. The maximum Gasteiger partial charge on any atom is 0.336 e. The van der Waals surface area contributed by atoms with Gasteiger partial charge in [0.1, 0.15) is 0 Å². The summed E-state index contributed by atoms with van der Waals surface area (Å²) in [6, 6.07) is 21.9. The second kappa shape index (κ2) is 24.7. The molecule has 0 saturated carbocycles. The highest BCUT2D eigenvalue weighted by atomic mass is 16.4. The number of carboxylic acid groups (broad SMARTS) is 8. The molecule has 0 heterocycles. The third kappa shape index (κ3) is 16.2. The van der Waals surface area contributed by atoms with Gasteiger partial charge in [-0.2, -0.15) is 0 Å². The molecule has 12 N–H and O–H groups in total. The average molecular weight is 801 g/mol. The molecule has 304 valence electrons.